The number of nitrogens with two attached hydrogens (primary N) is 1. The summed E-state index contributed by atoms with van der Waals surface area (Å²) in [6.45, 7) is 0. The second-order valence-corrected chi connectivity index (χ2v) is 2.37. The highest BCUT2D eigenvalue weighted by molar-refractivity contribution is 5.81. The van der Waals surface area contributed by atoms with Crippen LogP contribution in [0.5, 0.6) is 5.75 Å². The SMILES string of the molecule is Nc1cc2ccc(O)cc2o1. The number of anilines is 1. The third-order valence-corrected chi connectivity index (χ3v) is 1.52. The van der Waals surface area contributed by atoms with Crippen LogP contribution < -0.4 is 5.73 Å². The summed E-state index contributed by atoms with van der Waals surface area (Å²) in [5, 5.41) is 9.94. The minimum atomic E-state index is 0.187. The molecule has 0 fully saturated rings. The highest BCUT2D eigenvalue weighted by atomic mass is 16.3. The van der Waals surface area contributed by atoms with Crippen LogP contribution in [-0.4, -0.2) is 5.11 Å². The van der Waals surface area contributed by atoms with Gasteiger partial charge in [-0.3, -0.25) is 0 Å². The molecule has 3 nitrogen and oxygen atoms in total. The van der Waals surface area contributed by atoms with E-state index in [1.807, 2.05) is 0 Å². The van der Waals surface area contributed by atoms with Gasteiger partial charge in [0, 0.05) is 17.5 Å². The number of aromatic hydroxyl groups is 1. The minimum Gasteiger partial charge on any atom is -0.508 e. The Kier molecular flexibility index (Phi) is 1.06. The Balaban J connectivity index is 2.82. The second-order valence-electron chi connectivity index (χ2n) is 2.37. The van der Waals surface area contributed by atoms with Gasteiger partial charge in [0.2, 0.25) is 0 Å². The number of phenols is 1. The van der Waals surface area contributed by atoms with Gasteiger partial charge in [0.05, 0.1) is 0 Å². The van der Waals surface area contributed by atoms with Gasteiger partial charge >= 0.3 is 0 Å². The molecule has 1 aromatic carbocycles. The zero-order valence-electron chi connectivity index (χ0n) is 5.74. The van der Waals surface area contributed by atoms with Crippen LogP contribution in [0.25, 0.3) is 11.0 Å². The van der Waals surface area contributed by atoms with Crippen LogP contribution in [0.1, 0.15) is 0 Å². The maximum Gasteiger partial charge on any atom is 0.191 e. The normalized spacial score (nSPS) is 10.5. The Bertz CT molecular complexity index is 392. The Hall–Kier alpha value is -1.64. The van der Waals surface area contributed by atoms with Gasteiger partial charge in [-0.2, -0.15) is 0 Å². The van der Waals surface area contributed by atoms with Crippen LogP contribution in [0, 0.1) is 0 Å². The fourth-order valence-corrected chi connectivity index (χ4v) is 1.04. The molecule has 0 atom stereocenters. The molecule has 3 heteroatoms. The van der Waals surface area contributed by atoms with Crippen molar-refractivity contribution in [1.29, 1.82) is 0 Å². The summed E-state index contributed by atoms with van der Waals surface area (Å²) in [6.07, 6.45) is 0. The number of hydrogen-bond acceptors (Lipinski definition) is 3. The summed E-state index contributed by atoms with van der Waals surface area (Å²) in [4.78, 5) is 0. The van der Waals surface area contributed by atoms with Gasteiger partial charge < -0.3 is 15.3 Å². The molecule has 3 N–H and O–H groups in total. The van der Waals surface area contributed by atoms with Crippen molar-refractivity contribution in [3.8, 4) is 5.75 Å². The van der Waals surface area contributed by atoms with Crippen LogP contribution in [-0.2, 0) is 0 Å². The van der Waals surface area contributed by atoms with Gasteiger partial charge in [-0.25, -0.2) is 0 Å². The number of fused-ring (bicyclic) bond motifs is 1. The molecule has 0 bridgehead atoms. The Labute approximate surface area is 63.0 Å². The third-order valence-electron chi connectivity index (χ3n) is 1.52. The van der Waals surface area contributed by atoms with E-state index < -0.39 is 0 Å². The molecule has 0 saturated heterocycles. The summed E-state index contributed by atoms with van der Waals surface area (Å²) < 4.78 is 5.07. The topological polar surface area (TPSA) is 59.4 Å². The first-order valence-corrected chi connectivity index (χ1v) is 3.24. The first-order valence-electron chi connectivity index (χ1n) is 3.24. The summed E-state index contributed by atoms with van der Waals surface area (Å²) >= 11 is 0. The number of furan rings is 1. The molecular formula is C8H7NO2. The number of rotatable bonds is 0. The average Bonchev–Trinajstić information content (AvgIpc) is 2.27. The predicted molar refractivity (Wildman–Crippen MR) is 42.3 cm³/mol. The van der Waals surface area contributed by atoms with Crippen molar-refractivity contribution in [3.63, 3.8) is 0 Å². The Morgan fingerprint density at radius 2 is 2.09 bits per heavy atom. The predicted octanol–water partition coefficient (Wildman–Crippen LogP) is 1.72. The molecule has 2 rings (SSSR count). The molecule has 0 amide bonds. The van der Waals surface area contributed by atoms with Crippen molar-refractivity contribution in [3.05, 3.63) is 24.3 Å². The van der Waals surface area contributed by atoms with Gasteiger partial charge in [-0.1, -0.05) is 0 Å². The summed E-state index contributed by atoms with van der Waals surface area (Å²) in [6, 6.07) is 6.60. The van der Waals surface area contributed by atoms with Crippen molar-refractivity contribution in [2.75, 3.05) is 5.73 Å². The monoisotopic (exact) mass is 149 g/mol. The largest absolute Gasteiger partial charge is 0.508 e. The molecule has 1 heterocycles. The van der Waals surface area contributed by atoms with Crippen LogP contribution >= 0.6 is 0 Å². The van der Waals surface area contributed by atoms with E-state index in [9.17, 15) is 0 Å². The average molecular weight is 149 g/mol. The highest BCUT2D eigenvalue weighted by Gasteiger charge is 1.99. The quantitative estimate of drug-likeness (QED) is 0.599. The molecule has 0 unspecified atom stereocenters. The smallest absolute Gasteiger partial charge is 0.191 e. The van der Waals surface area contributed by atoms with Gasteiger partial charge in [-0.05, 0) is 12.1 Å². The molecule has 0 spiro atoms. The molecule has 56 valence electrons. The van der Waals surface area contributed by atoms with Crippen molar-refractivity contribution in [2.24, 2.45) is 0 Å². The zero-order valence-corrected chi connectivity index (χ0v) is 5.74. The highest BCUT2D eigenvalue weighted by Crippen LogP contribution is 2.24. The molecule has 0 aliphatic carbocycles. The van der Waals surface area contributed by atoms with E-state index in [0.717, 1.165) is 5.39 Å². The standard InChI is InChI=1S/C8H7NO2/c9-8-3-5-1-2-6(10)4-7(5)11-8/h1-4,10H,9H2. The number of phenolic OH excluding ortho intramolecular Hbond substituents is 1. The van der Waals surface area contributed by atoms with Crippen molar-refractivity contribution in [1.82, 2.24) is 0 Å². The molecule has 11 heavy (non-hydrogen) atoms. The lowest BCUT2D eigenvalue weighted by Gasteiger charge is -1.88. The van der Waals surface area contributed by atoms with E-state index in [0.29, 0.717) is 11.5 Å². The van der Waals surface area contributed by atoms with E-state index in [2.05, 4.69) is 0 Å². The summed E-state index contributed by atoms with van der Waals surface area (Å²) in [5.74, 6) is 0.553. The van der Waals surface area contributed by atoms with Gasteiger partial charge in [0.15, 0.2) is 5.88 Å². The van der Waals surface area contributed by atoms with Crippen molar-refractivity contribution in [2.45, 2.75) is 0 Å². The molecule has 0 aliphatic heterocycles. The van der Waals surface area contributed by atoms with Crippen LogP contribution in [0.15, 0.2) is 28.7 Å². The zero-order chi connectivity index (χ0) is 7.84. The van der Waals surface area contributed by atoms with Crippen molar-refractivity contribution < 1.29 is 9.52 Å². The number of benzene rings is 1. The summed E-state index contributed by atoms with van der Waals surface area (Å²) in [5.41, 5.74) is 6.01. The second kappa shape index (κ2) is 1.92. The van der Waals surface area contributed by atoms with Crippen LogP contribution in [0.3, 0.4) is 0 Å². The lowest BCUT2D eigenvalue weighted by molar-refractivity contribution is 0.474. The lowest BCUT2D eigenvalue weighted by Crippen LogP contribution is -1.75. The van der Waals surface area contributed by atoms with Gasteiger partial charge in [-0.15, -0.1) is 0 Å². The van der Waals surface area contributed by atoms with E-state index in [1.54, 1.807) is 18.2 Å². The van der Waals surface area contributed by atoms with Crippen LogP contribution in [0.2, 0.25) is 0 Å². The van der Waals surface area contributed by atoms with E-state index in [4.69, 9.17) is 15.3 Å². The third kappa shape index (κ3) is 0.902. The van der Waals surface area contributed by atoms with E-state index in [-0.39, 0.29) is 5.75 Å². The fourth-order valence-electron chi connectivity index (χ4n) is 1.04. The Morgan fingerprint density at radius 3 is 2.91 bits per heavy atom. The Morgan fingerprint density at radius 1 is 1.27 bits per heavy atom. The molecule has 2 aromatic rings. The van der Waals surface area contributed by atoms with E-state index >= 15 is 0 Å². The van der Waals surface area contributed by atoms with Crippen LogP contribution in [0.4, 0.5) is 5.88 Å². The first kappa shape index (κ1) is 6.09. The minimum absolute atomic E-state index is 0.187. The molecule has 1 aromatic heterocycles. The van der Waals surface area contributed by atoms with E-state index in [1.165, 1.54) is 6.07 Å². The molecular weight excluding hydrogens is 142 g/mol. The number of nitrogen functional groups attached to an aromatic ring is 1. The van der Waals surface area contributed by atoms with Crippen molar-refractivity contribution >= 4 is 16.9 Å². The lowest BCUT2D eigenvalue weighted by atomic mass is 10.2. The van der Waals surface area contributed by atoms with Gasteiger partial charge in [0.25, 0.3) is 0 Å². The first-order chi connectivity index (χ1) is 5.25. The number of hydrogen-bond donors (Lipinski definition) is 2. The summed E-state index contributed by atoms with van der Waals surface area (Å²) in [7, 11) is 0. The molecule has 0 radical (unpaired) electrons. The molecule has 0 aliphatic rings. The fraction of sp³-hybridized carbons (Fsp3) is 0. The maximum absolute atomic E-state index is 9.04. The van der Waals surface area contributed by atoms with Gasteiger partial charge in [0.1, 0.15) is 11.3 Å². The molecule has 0 saturated carbocycles. The maximum atomic E-state index is 9.04.